The van der Waals surface area contributed by atoms with Gasteiger partial charge in [0.15, 0.2) is 5.13 Å². The molecule has 2 aliphatic rings. The van der Waals surface area contributed by atoms with Crippen LogP contribution in [0.3, 0.4) is 0 Å². The zero-order chi connectivity index (χ0) is 17.3. The second kappa shape index (κ2) is 6.87. The molecule has 2 aromatic rings. The van der Waals surface area contributed by atoms with E-state index in [1.807, 2.05) is 18.2 Å². The van der Waals surface area contributed by atoms with Crippen LogP contribution in [0.4, 0.5) is 10.8 Å². The van der Waals surface area contributed by atoms with Gasteiger partial charge in [0.2, 0.25) is 5.91 Å². The topological polar surface area (TPSA) is 89.7 Å². The summed E-state index contributed by atoms with van der Waals surface area (Å²) < 4.78 is 11.7. The van der Waals surface area contributed by atoms with Crippen LogP contribution in [-0.4, -0.2) is 55.9 Å². The van der Waals surface area contributed by atoms with Crippen LogP contribution in [0.5, 0.6) is 0 Å². The number of aromatic nitrogens is 1. The third-order valence-electron chi connectivity index (χ3n) is 4.75. The Balaban J connectivity index is 1.51. The lowest BCUT2D eigenvalue weighted by Gasteiger charge is -2.31. The largest absolute Gasteiger partial charge is 0.381 e. The Morgan fingerprint density at radius 1 is 1.20 bits per heavy atom. The van der Waals surface area contributed by atoms with Crippen LogP contribution in [0.25, 0.3) is 10.2 Å². The van der Waals surface area contributed by atoms with E-state index < -0.39 is 5.54 Å². The second-order valence-corrected chi connectivity index (χ2v) is 7.51. The first-order chi connectivity index (χ1) is 12.1. The summed E-state index contributed by atoms with van der Waals surface area (Å²) in [4.78, 5) is 19.5. The SMILES string of the molecule is NC1(C(=O)Nc2ccc3nc(N4CCOCC4)sc3c2)CCOCC1. The standard InChI is InChI=1S/C17H22N4O3S/c18-17(3-7-23-8-4-17)15(22)19-12-1-2-13-14(11-12)25-16(20-13)21-5-9-24-10-6-21/h1-2,11H,3-10,18H2,(H,19,22). The predicted molar refractivity (Wildman–Crippen MR) is 98.3 cm³/mol. The van der Waals surface area contributed by atoms with E-state index in [-0.39, 0.29) is 5.91 Å². The number of amides is 1. The molecule has 25 heavy (non-hydrogen) atoms. The van der Waals surface area contributed by atoms with Crippen molar-refractivity contribution in [3.05, 3.63) is 18.2 Å². The van der Waals surface area contributed by atoms with Crippen molar-refractivity contribution in [1.82, 2.24) is 4.98 Å². The van der Waals surface area contributed by atoms with Crippen molar-refractivity contribution >= 4 is 38.3 Å². The summed E-state index contributed by atoms with van der Waals surface area (Å²) in [6, 6.07) is 5.79. The lowest BCUT2D eigenvalue weighted by atomic mass is 9.90. The molecule has 0 bridgehead atoms. The number of morpholine rings is 1. The minimum atomic E-state index is -0.847. The molecule has 7 nitrogen and oxygen atoms in total. The molecule has 2 aliphatic heterocycles. The molecule has 2 fully saturated rings. The zero-order valence-corrected chi connectivity index (χ0v) is 14.8. The highest BCUT2D eigenvalue weighted by Crippen LogP contribution is 2.31. The van der Waals surface area contributed by atoms with Gasteiger partial charge in [-0.3, -0.25) is 4.79 Å². The van der Waals surface area contributed by atoms with Gasteiger partial charge in [-0.2, -0.15) is 0 Å². The molecule has 3 heterocycles. The van der Waals surface area contributed by atoms with Crippen molar-refractivity contribution in [3.8, 4) is 0 Å². The van der Waals surface area contributed by atoms with Gasteiger partial charge >= 0.3 is 0 Å². The highest BCUT2D eigenvalue weighted by molar-refractivity contribution is 7.22. The van der Waals surface area contributed by atoms with Gasteiger partial charge in [0, 0.05) is 32.0 Å². The van der Waals surface area contributed by atoms with Gasteiger partial charge in [-0.1, -0.05) is 11.3 Å². The molecule has 2 saturated heterocycles. The average Bonchev–Trinajstić information content (AvgIpc) is 3.06. The molecule has 0 atom stereocenters. The summed E-state index contributed by atoms with van der Waals surface area (Å²) in [6.07, 6.45) is 1.09. The van der Waals surface area contributed by atoms with Crippen LogP contribution >= 0.6 is 11.3 Å². The highest BCUT2D eigenvalue weighted by atomic mass is 32.1. The van der Waals surface area contributed by atoms with Gasteiger partial charge in [-0.15, -0.1) is 0 Å². The fourth-order valence-corrected chi connectivity index (χ4v) is 4.15. The van der Waals surface area contributed by atoms with E-state index in [1.54, 1.807) is 11.3 Å². The Morgan fingerprint density at radius 2 is 1.92 bits per heavy atom. The van der Waals surface area contributed by atoms with Crippen LogP contribution in [-0.2, 0) is 14.3 Å². The lowest BCUT2D eigenvalue weighted by molar-refractivity contribution is -0.124. The summed E-state index contributed by atoms with van der Waals surface area (Å²) in [7, 11) is 0. The number of ether oxygens (including phenoxy) is 2. The van der Waals surface area contributed by atoms with Crippen molar-refractivity contribution in [2.45, 2.75) is 18.4 Å². The quantitative estimate of drug-likeness (QED) is 0.862. The number of carbonyl (C=O) groups excluding carboxylic acids is 1. The number of rotatable bonds is 3. The Bertz CT molecular complexity index is 766. The van der Waals surface area contributed by atoms with Gasteiger partial charge in [0.1, 0.15) is 5.54 Å². The molecule has 0 saturated carbocycles. The summed E-state index contributed by atoms with van der Waals surface area (Å²) in [5, 5.41) is 3.96. The molecule has 4 rings (SSSR count). The molecule has 0 radical (unpaired) electrons. The van der Waals surface area contributed by atoms with Crippen LogP contribution in [0.2, 0.25) is 0 Å². The van der Waals surface area contributed by atoms with Gasteiger partial charge in [0.05, 0.1) is 23.4 Å². The number of fused-ring (bicyclic) bond motifs is 1. The molecule has 1 aromatic heterocycles. The van der Waals surface area contributed by atoms with E-state index in [1.165, 1.54) is 0 Å². The number of anilines is 2. The van der Waals surface area contributed by atoms with Crippen LogP contribution in [0, 0.1) is 0 Å². The van der Waals surface area contributed by atoms with E-state index in [9.17, 15) is 4.79 Å². The molecular weight excluding hydrogens is 340 g/mol. The van der Waals surface area contributed by atoms with Crippen LogP contribution in [0.15, 0.2) is 18.2 Å². The lowest BCUT2D eigenvalue weighted by Crippen LogP contribution is -2.54. The maximum Gasteiger partial charge on any atom is 0.244 e. The maximum atomic E-state index is 12.6. The van der Waals surface area contributed by atoms with E-state index in [0.717, 1.165) is 47.3 Å². The third-order valence-corrected chi connectivity index (χ3v) is 5.83. The fraction of sp³-hybridized carbons (Fsp3) is 0.529. The van der Waals surface area contributed by atoms with E-state index >= 15 is 0 Å². The van der Waals surface area contributed by atoms with Crippen molar-refractivity contribution in [3.63, 3.8) is 0 Å². The Morgan fingerprint density at radius 3 is 2.68 bits per heavy atom. The number of hydrogen-bond donors (Lipinski definition) is 2. The average molecular weight is 362 g/mol. The van der Waals surface area contributed by atoms with E-state index in [2.05, 4.69) is 10.2 Å². The molecule has 8 heteroatoms. The number of nitrogens with two attached hydrogens (primary N) is 1. The van der Waals surface area contributed by atoms with Crippen molar-refractivity contribution < 1.29 is 14.3 Å². The van der Waals surface area contributed by atoms with Crippen LogP contribution in [0.1, 0.15) is 12.8 Å². The van der Waals surface area contributed by atoms with E-state index in [0.29, 0.717) is 26.1 Å². The van der Waals surface area contributed by atoms with Crippen molar-refractivity contribution in [2.24, 2.45) is 5.73 Å². The minimum absolute atomic E-state index is 0.145. The first-order valence-corrected chi connectivity index (χ1v) is 9.37. The van der Waals surface area contributed by atoms with Gasteiger partial charge < -0.3 is 25.4 Å². The van der Waals surface area contributed by atoms with Gasteiger partial charge in [0.25, 0.3) is 0 Å². The summed E-state index contributed by atoms with van der Waals surface area (Å²) in [5.74, 6) is -0.145. The molecule has 3 N–H and O–H groups in total. The first kappa shape index (κ1) is 16.7. The predicted octanol–water partition coefficient (Wildman–Crippen LogP) is 1.58. The second-order valence-electron chi connectivity index (χ2n) is 6.50. The number of nitrogens with one attached hydrogen (secondary N) is 1. The molecule has 0 spiro atoms. The maximum absolute atomic E-state index is 12.6. The third kappa shape index (κ3) is 3.48. The number of benzene rings is 1. The van der Waals surface area contributed by atoms with Crippen LogP contribution < -0.4 is 16.0 Å². The highest BCUT2D eigenvalue weighted by Gasteiger charge is 2.35. The Hall–Kier alpha value is -1.74. The number of thiazole rings is 1. The Kier molecular flexibility index (Phi) is 4.60. The molecular formula is C17H22N4O3S. The first-order valence-electron chi connectivity index (χ1n) is 8.55. The van der Waals surface area contributed by atoms with Gasteiger partial charge in [-0.05, 0) is 31.0 Å². The molecule has 134 valence electrons. The number of hydrogen-bond acceptors (Lipinski definition) is 7. The monoisotopic (exact) mass is 362 g/mol. The molecule has 1 aromatic carbocycles. The van der Waals surface area contributed by atoms with Crippen molar-refractivity contribution in [1.29, 1.82) is 0 Å². The fourth-order valence-electron chi connectivity index (χ4n) is 3.10. The number of nitrogens with zero attached hydrogens (tertiary/aromatic N) is 2. The zero-order valence-electron chi connectivity index (χ0n) is 14.0. The molecule has 0 aliphatic carbocycles. The molecule has 0 unspecified atom stereocenters. The van der Waals surface area contributed by atoms with E-state index in [4.69, 9.17) is 20.2 Å². The van der Waals surface area contributed by atoms with Gasteiger partial charge in [-0.25, -0.2) is 4.98 Å². The van der Waals surface area contributed by atoms with Crippen molar-refractivity contribution in [2.75, 3.05) is 49.7 Å². The number of carbonyl (C=O) groups is 1. The minimum Gasteiger partial charge on any atom is -0.381 e. The molecule has 1 amide bonds. The summed E-state index contributed by atoms with van der Waals surface area (Å²) in [5.41, 5.74) is 7.10. The smallest absolute Gasteiger partial charge is 0.244 e. The Labute approximate surface area is 150 Å². The summed E-state index contributed by atoms with van der Waals surface area (Å²) >= 11 is 1.64. The normalized spacial score (nSPS) is 20.6. The summed E-state index contributed by atoms with van der Waals surface area (Å²) in [6.45, 7) is 4.25.